The van der Waals surface area contributed by atoms with Crippen LogP contribution in [0.15, 0.2) is 0 Å². The average molecular weight is 312 g/mol. The van der Waals surface area contributed by atoms with Crippen molar-refractivity contribution in [2.75, 3.05) is 18.4 Å². The van der Waals surface area contributed by atoms with E-state index in [-0.39, 0.29) is 17.6 Å². The van der Waals surface area contributed by atoms with E-state index in [0.29, 0.717) is 24.1 Å². The van der Waals surface area contributed by atoms with Crippen molar-refractivity contribution >= 4 is 22.5 Å². The first-order valence-electron chi connectivity index (χ1n) is 7.35. The number of aliphatic hydroxyl groups excluding tert-OH is 1. The summed E-state index contributed by atoms with van der Waals surface area (Å²) in [5.74, 6) is 0.295. The maximum Gasteiger partial charge on any atom is 0.323 e. The van der Waals surface area contributed by atoms with Gasteiger partial charge in [0, 0.05) is 18.5 Å². The lowest BCUT2D eigenvalue weighted by molar-refractivity contribution is 0.0820. The molecule has 7 heteroatoms. The van der Waals surface area contributed by atoms with Crippen LogP contribution < -0.4 is 5.32 Å². The van der Waals surface area contributed by atoms with E-state index in [1.807, 2.05) is 6.92 Å². The lowest BCUT2D eigenvalue weighted by atomic mass is 9.92. The van der Waals surface area contributed by atoms with Crippen LogP contribution in [-0.4, -0.2) is 45.4 Å². The topological polar surface area (TPSA) is 78.4 Å². The standard InChI is InChI=1S/C14H24N4O2S/c1-9(19)10-5-7-18(8-6-10)13(20)15-12-17-16-11(21-12)14(2,3)4/h9-10,19H,5-8H2,1-4H3,(H,15,17,20). The Morgan fingerprint density at radius 3 is 2.48 bits per heavy atom. The van der Waals surface area contributed by atoms with Crippen molar-refractivity contribution < 1.29 is 9.90 Å². The molecule has 2 N–H and O–H groups in total. The summed E-state index contributed by atoms with van der Waals surface area (Å²) >= 11 is 1.42. The first-order chi connectivity index (χ1) is 9.77. The van der Waals surface area contributed by atoms with Crippen LogP contribution in [0.2, 0.25) is 0 Å². The molecule has 0 aliphatic carbocycles. The Kier molecular flexibility index (Phi) is 4.83. The number of aliphatic hydroxyl groups is 1. The zero-order valence-corrected chi connectivity index (χ0v) is 13.9. The number of anilines is 1. The third kappa shape index (κ3) is 4.14. The molecule has 1 aromatic rings. The smallest absolute Gasteiger partial charge is 0.323 e. The Bertz CT molecular complexity index is 487. The molecule has 0 saturated carbocycles. The van der Waals surface area contributed by atoms with Gasteiger partial charge in [-0.15, -0.1) is 10.2 Å². The number of hydrogen-bond donors (Lipinski definition) is 2. The van der Waals surface area contributed by atoms with Gasteiger partial charge in [-0.3, -0.25) is 5.32 Å². The monoisotopic (exact) mass is 312 g/mol. The summed E-state index contributed by atoms with van der Waals surface area (Å²) in [6.07, 6.45) is 1.39. The number of carbonyl (C=O) groups excluding carboxylic acids is 1. The number of hydrogen-bond acceptors (Lipinski definition) is 5. The fourth-order valence-electron chi connectivity index (χ4n) is 2.33. The van der Waals surface area contributed by atoms with Gasteiger partial charge in [-0.05, 0) is 25.7 Å². The Balaban J connectivity index is 1.89. The molecule has 0 aromatic carbocycles. The zero-order valence-electron chi connectivity index (χ0n) is 13.1. The predicted octanol–water partition coefficient (Wildman–Crippen LogP) is 2.46. The van der Waals surface area contributed by atoms with E-state index in [0.717, 1.165) is 17.8 Å². The molecule has 0 bridgehead atoms. The number of amides is 2. The molecule has 0 radical (unpaired) electrons. The molecular formula is C14H24N4O2S. The van der Waals surface area contributed by atoms with E-state index >= 15 is 0 Å². The van der Waals surface area contributed by atoms with Gasteiger partial charge in [-0.25, -0.2) is 4.79 Å². The minimum Gasteiger partial charge on any atom is -0.393 e. The Morgan fingerprint density at radius 2 is 2.00 bits per heavy atom. The third-order valence-corrected chi connectivity index (χ3v) is 5.05. The molecule has 6 nitrogen and oxygen atoms in total. The number of likely N-dealkylation sites (tertiary alicyclic amines) is 1. The van der Waals surface area contributed by atoms with Crippen LogP contribution in [-0.2, 0) is 5.41 Å². The van der Waals surface area contributed by atoms with E-state index in [4.69, 9.17) is 0 Å². The van der Waals surface area contributed by atoms with E-state index in [1.165, 1.54) is 11.3 Å². The summed E-state index contributed by atoms with van der Waals surface area (Å²) in [5, 5.41) is 22.0. The molecule has 2 rings (SSSR count). The summed E-state index contributed by atoms with van der Waals surface area (Å²) < 4.78 is 0. The van der Waals surface area contributed by atoms with E-state index < -0.39 is 0 Å². The molecule has 0 spiro atoms. The third-order valence-electron chi connectivity index (χ3n) is 3.79. The minimum absolute atomic E-state index is 0.0593. The van der Waals surface area contributed by atoms with Crippen LogP contribution in [0.4, 0.5) is 9.93 Å². The molecule has 1 saturated heterocycles. The summed E-state index contributed by atoms with van der Waals surface area (Å²) in [5.41, 5.74) is -0.0593. The van der Waals surface area contributed by atoms with Crippen LogP contribution in [0.3, 0.4) is 0 Å². The highest BCUT2D eigenvalue weighted by atomic mass is 32.1. The van der Waals surface area contributed by atoms with E-state index in [9.17, 15) is 9.90 Å². The molecule has 2 amide bonds. The van der Waals surface area contributed by atoms with Gasteiger partial charge in [0.2, 0.25) is 5.13 Å². The van der Waals surface area contributed by atoms with Crippen molar-refractivity contribution in [3.05, 3.63) is 5.01 Å². The van der Waals surface area contributed by atoms with Crippen molar-refractivity contribution in [3.8, 4) is 0 Å². The minimum atomic E-state index is -0.298. The molecule has 118 valence electrons. The second kappa shape index (κ2) is 6.27. The lowest BCUT2D eigenvalue weighted by Gasteiger charge is -2.32. The van der Waals surface area contributed by atoms with Crippen molar-refractivity contribution in [1.82, 2.24) is 15.1 Å². The fraction of sp³-hybridized carbons (Fsp3) is 0.786. The number of carbonyl (C=O) groups is 1. The number of aromatic nitrogens is 2. The molecule has 1 aromatic heterocycles. The maximum atomic E-state index is 12.2. The maximum absolute atomic E-state index is 12.2. The molecule has 21 heavy (non-hydrogen) atoms. The molecular weight excluding hydrogens is 288 g/mol. The van der Waals surface area contributed by atoms with Crippen molar-refractivity contribution in [3.63, 3.8) is 0 Å². The fourth-order valence-corrected chi connectivity index (χ4v) is 3.12. The largest absolute Gasteiger partial charge is 0.393 e. The number of urea groups is 1. The van der Waals surface area contributed by atoms with Crippen LogP contribution in [0.5, 0.6) is 0 Å². The molecule has 1 aliphatic rings. The quantitative estimate of drug-likeness (QED) is 0.879. The normalized spacial score (nSPS) is 18.6. The highest BCUT2D eigenvalue weighted by molar-refractivity contribution is 7.15. The number of nitrogens with one attached hydrogen (secondary N) is 1. The van der Waals surface area contributed by atoms with Gasteiger partial charge in [0.1, 0.15) is 5.01 Å². The van der Waals surface area contributed by atoms with Gasteiger partial charge in [0.25, 0.3) is 0 Å². The predicted molar refractivity (Wildman–Crippen MR) is 83.6 cm³/mol. The van der Waals surface area contributed by atoms with E-state index in [2.05, 4.69) is 36.3 Å². The van der Waals surface area contributed by atoms with Gasteiger partial charge in [0.15, 0.2) is 0 Å². The van der Waals surface area contributed by atoms with Crippen molar-refractivity contribution in [2.24, 2.45) is 5.92 Å². The average Bonchev–Trinajstić information content (AvgIpc) is 2.87. The summed E-state index contributed by atoms with van der Waals surface area (Å²) in [6, 6.07) is -0.129. The molecule has 1 fully saturated rings. The molecule has 2 heterocycles. The van der Waals surface area contributed by atoms with Gasteiger partial charge < -0.3 is 10.0 Å². The number of rotatable bonds is 2. The second-order valence-electron chi connectivity index (χ2n) is 6.66. The zero-order chi connectivity index (χ0) is 15.6. The van der Waals surface area contributed by atoms with Crippen LogP contribution in [0, 0.1) is 5.92 Å². The number of piperidine rings is 1. The van der Waals surface area contributed by atoms with Gasteiger partial charge in [0.05, 0.1) is 6.10 Å². The summed E-state index contributed by atoms with van der Waals surface area (Å²) in [7, 11) is 0. The van der Waals surface area contributed by atoms with Crippen LogP contribution in [0.1, 0.15) is 45.5 Å². The van der Waals surface area contributed by atoms with E-state index in [1.54, 1.807) is 4.90 Å². The Hall–Kier alpha value is -1.21. The second-order valence-corrected chi connectivity index (χ2v) is 7.64. The highest BCUT2D eigenvalue weighted by Gasteiger charge is 2.26. The lowest BCUT2D eigenvalue weighted by Crippen LogP contribution is -2.42. The molecule has 1 unspecified atom stereocenters. The van der Waals surface area contributed by atoms with Crippen LogP contribution in [0.25, 0.3) is 0 Å². The Labute approximate surface area is 129 Å². The first-order valence-corrected chi connectivity index (χ1v) is 8.17. The molecule has 1 atom stereocenters. The van der Waals surface area contributed by atoms with Crippen molar-refractivity contribution in [2.45, 2.75) is 52.1 Å². The van der Waals surface area contributed by atoms with Gasteiger partial charge in [-0.1, -0.05) is 32.1 Å². The summed E-state index contributed by atoms with van der Waals surface area (Å²) in [4.78, 5) is 14.0. The SMILES string of the molecule is CC(O)C1CCN(C(=O)Nc2nnc(C(C)(C)C)s2)CC1. The van der Waals surface area contributed by atoms with Gasteiger partial charge >= 0.3 is 6.03 Å². The highest BCUT2D eigenvalue weighted by Crippen LogP contribution is 2.28. The molecule has 1 aliphatic heterocycles. The van der Waals surface area contributed by atoms with Crippen LogP contribution >= 0.6 is 11.3 Å². The first kappa shape index (κ1) is 16.2. The summed E-state index contributed by atoms with van der Waals surface area (Å²) in [6.45, 7) is 9.37. The Morgan fingerprint density at radius 1 is 1.38 bits per heavy atom. The van der Waals surface area contributed by atoms with Gasteiger partial charge in [-0.2, -0.15) is 0 Å². The van der Waals surface area contributed by atoms with Crippen molar-refractivity contribution in [1.29, 1.82) is 0 Å². The number of nitrogens with zero attached hydrogens (tertiary/aromatic N) is 3.